The van der Waals surface area contributed by atoms with E-state index in [4.69, 9.17) is 9.98 Å². The molecule has 1 aliphatic heterocycles. The van der Waals surface area contributed by atoms with E-state index >= 15 is 0 Å². The first-order valence-electron chi connectivity index (χ1n) is 17.0. The first-order valence-corrected chi connectivity index (χ1v) is 17.0. The molecular weight excluding hydrogens is 583 g/mol. The fourth-order valence-corrected chi connectivity index (χ4v) is 7.94. The van der Waals surface area contributed by atoms with E-state index in [1.165, 1.54) is 65.8 Å². The fraction of sp³-hybridized carbons (Fsp3) is 0.156. The van der Waals surface area contributed by atoms with Crippen LogP contribution in [0.15, 0.2) is 150 Å². The van der Waals surface area contributed by atoms with Gasteiger partial charge in [0.15, 0.2) is 0 Å². The molecule has 0 radical (unpaired) electrons. The van der Waals surface area contributed by atoms with Gasteiger partial charge in [0.05, 0.1) is 11.4 Å². The number of aromatic nitrogens is 1. The van der Waals surface area contributed by atoms with Crippen LogP contribution in [-0.2, 0) is 11.8 Å². The van der Waals surface area contributed by atoms with E-state index in [0.717, 1.165) is 30.7 Å². The molecule has 6 aromatic rings. The van der Waals surface area contributed by atoms with Crippen molar-refractivity contribution in [2.45, 2.75) is 37.8 Å². The molecule has 0 saturated heterocycles. The van der Waals surface area contributed by atoms with Crippen LogP contribution in [0, 0.1) is 0 Å². The van der Waals surface area contributed by atoms with E-state index in [9.17, 15) is 0 Å². The molecule has 3 aliphatic rings. The Kier molecular flexibility index (Phi) is 6.76. The summed E-state index contributed by atoms with van der Waals surface area (Å²) in [5.74, 6) is 0. The second kappa shape index (κ2) is 11.3. The minimum absolute atomic E-state index is 0.153. The molecule has 0 bridgehead atoms. The quantitative estimate of drug-likeness (QED) is 0.184. The van der Waals surface area contributed by atoms with Gasteiger partial charge in [-0.25, -0.2) is 0 Å². The van der Waals surface area contributed by atoms with Crippen LogP contribution in [0.25, 0.3) is 44.1 Å². The number of likely N-dealkylation sites (N-methyl/N-ethyl adjacent to an activating group) is 1. The van der Waals surface area contributed by atoms with Crippen molar-refractivity contribution in [2.75, 3.05) is 7.05 Å². The first-order chi connectivity index (χ1) is 23.6. The molecule has 1 aromatic heterocycles. The maximum absolute atomic E-state index is 5.61. The van der Waals surface area contributed by atoms with Crippen molar-refractivity contribution in [2.24, 2.45) is 4.99 Å². The van der Waals surface area contributed by atoms with Crippen molar-refractivity contribution in [3.63, 3.8) is 0 Å². The van der Waals surface area contributed by atoms with Crippen LogP contribution in [0.5, 0.6) is 0 Å². The Morgan fingerprint density at radius 3 is 2.25 bits per heavy atom. The zero-order chi connectivity index (χ0) is 32.2. The summed E-state index contributed by atoms with van der Waals surface area (Å²) >= 11 is 0. The molecule has 2 aliphatic carbocycles. The maximum Gasteiger partial charge on any atom is 0.147 e. The van der Waals surface area contributed by atoms with Crippen LogP contribution in [0.4, 0.5) is 0 Å². The van der Waals surface area contributed by atoms with E-state index in [0.29, 0.717) is 0 Å². The number of hydrogen-bond donors (Lipinski definition) is 0. The van der Waals surface area contributed by atoms with Crippen LogP contribution >= 0.6 is 0 Å². The summed E-state index contributed by atoms with van der Waals surface area (Å²) < 4.78 is 0. The predicted molar refractivity (Wildman–Crippen MR) is 202 cm³/mol. The number of benzene rings is 5. The van der Waals surface area contributed by atoms with Crippen LogP contribution < -0.4 is 0 Å². The molecule has 1 unspecified atom stereocenters. The third-order valence-corrected chi connectivity index (χ3v) is 10.6. The summed E-state index contributed by atoms with van der Waals surface area (Å²) in [6.45, 7) is 2.28. The Morgan fingerprint density at radius 1 is 0.750 bits per heavy atom. The molecule has 5 aromatic carbocycles. The summed E-state index contributed by atoms with van der Waals surface area (Å²) in [5.41, 5.74) is 9.56. The molecular formula is C45H37N3. The lowest BCUT2D eigenvalue weighted by Crippen LogP contribution is -2.36. The van der Waals surface area contributed by atoms with E-state index < -0.39 is 0 Å². The highest BCUT2D eigenvalue weighted by atomic mass is 15.2. The summed E-state index contributed by atoms with van der Waals surface area (Å²) in [7, 11) is 2.21. The van der Waals surface area contributed by atoms with Gasteiger partial charge >= 0.3 is 0 Å². The zero-order valence-corrected chi connectivity index (χ0v) is 27.4. The highest BCUT2D eigenvalue weighted by Gasteiger charge is 2.32. The molecule has 9 rings (SSSR count). The molecule has 0 N–H and O–H groups in total. The molecule has 3 heteroatoms. The lowest BCUT2D eigenvalue weighted by molar-refractivity contribution is 0.398. The second-order valence-corrected chi connectivity index (χ2v) is 13.6. The molecule has 0 fully saturated rings. The Hall–Kier alpha value is -5.54. The molecule has 2 atom stereocenters. The number of aryl methyl sites for hydroxylation is 1. The normalized spacial score (nSPS) is 20.5. The minimum atomic E-state index is -0.176. The van der Waals surface area contributed by atoms with Crippen molar-refractivity contribution < 1.29 is 0 Å². The first kappa shape index (κ1) is 28.7. The number of aliphatic imine (C=N–C) groups is 1. The van der Waals surface area contributed by atoms with Gasteiger partial charge in [-0.05, 0) is 98.6 Å². The highest BCUT2D eigenvalue weighted by Crippen LogP contribution is 2.41. The summed E-state index contributed by atoms with van der Waals surface area (Å²) in [6.07, 6.45) is 18.7. The van der Waals surface area contributed by atoms with Gasteiger partial charge in [-0.2, -0.15) is 0 Å². The average molecular weight is 620 g/mol. The number of allylic oxidation sites excluding steroid dienone is 4. The smallest absolute Gasteiger partial charge is 0.147 e. The number of hydrogen-bond acceptors (Lipinski definition) is 3. The lowest BCUT2D eigenvalue weighted by atomic mass is 9.78. The average Bonchev–Trinajstić information content (AvgIpc) is 3.15. The van der Waals surface area contributed by atoms with Crippen LogP contribution in [0.1, 0.15) is 47.7 Å². The van der Waals surface area contributed by atoms with Gasteiger partial charge in [-0.3, -0.25) is 9.98 Å². The van der Waals surface area contributed by atoms with Gasteiger partial charge < -0.3 is 4.90 Å². The molecule has 48 heavy (non-hydrogen) atoms. The van der Waals surface area contributed by atoms with E-state index in [-0.39, 0.29) is 11.6 Å². The monoisotopic (exact) mass is 619 g/mol. The van der Waals surface area contributed by atoms with E-state index in [1.54, 1.807) is 0 Å². The van der Waals surface area contributed by atoms with Crippen molar-refractivity contribution in [3.8, 4) is 0 Å². The van der Waals surface area contributed by atoms with Crippen molar-refractivity contribution in [1.29, 1.82) is 0 Å². The van der Waals surface area contributed by atoms with Gasteiger partial charge in [0.2, 0.25) is 0 Å². The van der Waals surface area contributed by atoms with Crippen LogP contribution in [0.2, 0.25) is 0 Å². The molecule has 0 amide bonds. The van der Waals surface area contributed by atoms with Crippen molar-refractivity contribution in [3.05, 3.63) is 173 Å². The van der Waals surface area contributed by atoms with Gasteiger partial charge in [0.1, 0.15) is 6.17 Å². The Balaban J connectivity index is 1.25. The highest BCUT2D eigenvalue weighted by molar-refractivity contribution is 6.22. The molecule has 232 valence electrons. The number of nitrogens with zero attached hydrogens (tertiary/aromatic N) is 3. The number of pyridine rings is 1. The Labute approximate surface area is 282 Å². The Morgan fingerprint density at radius 2 is 1.48 bits per heavy atom. The minimum Gasteiger partial charge on any atom is -0.349 e. The lowest BCUT2D eigenvalue weighted by Gasteiger charge is -2.37. The third-order valence-electron chi connectivity index (χ3n) is 10.6. The summed E-state index contributed by atoms with van der Waals surface area (Å²) in [4.78, 5) is 12.7. The van der Waals surface area contributed by atoms with E-state index in [2.05, 4.69) is 152 Å². The predicted octanol–water partition coefficient (Wildman–Crippen LogP) is 10.4. The molecule has 0 spiro atoms. The van der Waals surface area contributed by atoms with Crippen molar-refractivity contribution in [1.82, 2.24) is 9.88 Å². The molecule has 3 nitrogen and oxygen atoms in total. The van der Waals surface area contributed by atoms with Crippen LogP contribution in [0.3, 0.4) is 0 Å². The van der Waals surface area contributed by atoms with Gasteiger partial charge in [0, 0.05) is 35.5 Å². The largest absolute Gasteiger partial charge is 0.349 e. The van der Waals surface area contributed by atoms with Crippen LogP contribution in [-0.4, -0.2) is 28.8 Å². The maximum atomic E-state index is 5.61. The number of fused-ring (bicyclic) bond motifs is 6. The third kappa shape index (κ3) is 4.65. The number of rotatable bonds is 4. The Bertz CT molecular complexity index is 2410. The SMILES string of the molecule is CN1C(c2cc3ccccc3c3ccccc23)=CC(c2cc3c(c4ccccc24)C=CCC3)=NC1C1=CC[C@@](C)(c2ccccn2)C=C1. The van der Waals surface area contributed by atoms with Crippen molar-refractivity contribution >= 4 is 49.8 Å². The van der Waals surface area contributed by atoms with Gasteiger partial charge in [0.25, 0.3) is 0 Å². The summed E-state index contributed by atoms with van der Waals surface area (Å²) in [5, 5.41) is 7.60. The second-order valence-electron chi connectivity index (χ2n) is 13.6. The van der Waals surface area contributed by atoms with Gasteiger partial charge in [-0.1, -0.05) is 116 Å². The zero-order valence-electron chi connectivity index (χ0n) is 27.4. The van der Waals surface area contributed by atoms with E-state index in [1.807, 2.05) is 12.3 Å². The molecule has 2 heterocycles. The summed E-state index contributed by atoms with van der Waals surface area (Å²) in [6, 6.07) is 37.4. The fourth-order valence-electron chi connectivity index (χ4n) is 7.94. The van der Waals surface area contributed by atoms with Gasteiger partial charge in [-0.15, -0.1) is 0 Å². The molecule has 0 saturated carbocycles. The standard InChI is InChI=1S/C45H37N3/c1-45(43-21-11-12-26-46-43)24-22-30(23-25-45)44-47-41(39-27-31-13-3-5-15-33(31)35-17-7-9-19-37(35)39)29-42(48(44)2)40-28-32-14-4-6-16-34(32)36-18-8-10-20-38(36)40/h4-12,14-24,26-29,44H,3,13,25H2,1-2H3/t44?,45-/m0/s1. The topological polar surface area (TPSA) is 28.5 Å².